The summed E-state index contributed by atoms with van der Waals surface area (Å²) in [6.45, 7) is 0.577. The number of para-hydroxylation sites is 1. The highest BCUT2D eigenvalue weighted by atomic mass is 16.3. The van der Waals surface area contributed by atoms with Crippen LogP contribution in [0, 0.1) is 0 Å². The van der Waals surface area contributed by atoms with Crippen molar-refractivity contribution in [3.05, 3.63) is 72.7 Å². The number of furan rings is 1. The highest BCUT2D eigenvalue weighted by Crippen LogP contribution is 2.22. The van der Waals surface area contributed by atoms with E-state index in [1.54, 1.807) is 6.26 Å². The normalized spacial score (nSPS) is 11.0. The lowest BCUT2D eigenvalue weighted by atomic mass is 10.1. The van der Waals surface area contributed by atoms with Gasteiger partial charge in [-0.2, -0.15) is 0 Å². The molecule has 2 aromatic carbocycles. The Kier molecular flexibility index (Phi) is 2.78. The van der Waals surface area contributed by atoms with Gasteiger partial charge in [-0.3, -0.25) is 0 Å². The molecule has 0 atom stereocenters. The molecule has 0 amide bonds. The summed E-state index contributed by atoms with van der Waals surface area (Å²) in [6, 6.07) is 20.1. The van der Waals surface area contributed by atoms with Crippen molar-refractivity contribution in [1.82, 2.24) is 15.0 Å². The first-order chi connectivity index (χ1) is 10.4. The minimum Gasteiger partial charge on any atom is -0.467 e. The fourth-order valence-corrected chi connectivity index (χ4v) is 2.43. The number of nitrogens with zero attached hydrogens (tertiary/aromatic N) is 3. The van der Waals surface area contributed by atoms with Crippen LogP contribution in [0.15, 0.2) is 71.3 Å². The van der Waals surface area contributed by atoms with Gasteiger partial charge in [-0.15, -0.1) is 5.10 Å². The maximum atomic E-state index is 5.65. The topological polar surface area (TPSA) is 43.9 Å². The Hall–Kier alpha value is -2.88. The van der Waals surface area contributed by atoms with Crippen LogP contribution in [0.1, 0.15) is 5.76 Å². The maximum absolute atomic E-state index is 5.65. The number of rotatable bonds is 3. The van der Waals surface area contributed by atoms with Crippen LogP contribution in [-0.4, -0.2) is 15.0 Å². The molecule has 0 spiro atoms. The number of fused-ring (bicyclic) bond motifs is 1. The molecule has 4 nitrogen and oxygen atoms in total. The van der Waals surface area contributed by atoms with Crippen LogP contribution >= 0.6 is 0 Å². The summed E-state index contributed by atoms with van der Waals surface area (Å²) in [5, 5.41) is 8.33. The second-order valence-corrected chi connectivity index (χ2v) is 4.90. The van der Waals surface area contributed by atoms with E-state index in [2.05, 4.69) is 22.4 Å². The zero-order chi connectivity index (χ0) is 14.1. The molecule has 0 aliphatic rings. The van der Waals surface area contributed by atoms with Crippen LogP contribution in [-0.2, 0) is 6.54 Å². The van der Waals surface area contributed by atoms with Gasteiger partial charge in [0.25, 0.3) is 0 Å². The fourth-order valence-electron chi connectivity index (χ4n) is 2.43. The van der Waals surface area contributed by atoms with Crippen molar-refractivity contribution in [2.75, 3.05) is 0 Å². The first kappa shape index (κ1) is 11.9. The van der Waals surface area contributed by atoms with Gasteiger partial charge in [-0.05, 0) is 23.8 Å². The Bertz CT molecular complexity index is 877. The quantitative estimate of drug-likeness (QED) is 0.572. The van der Waals surface area contributed by atoms with E-state index in [9.17, 15) is 0 Å². The summed E-state index contributed by atoms with van der Waals surface area (Å²) in [5.74, 6) is 0.865. The molecular weight excluding hydrogens is 262 g/mol. The SMILES string of the molecule is c1ccc(-c2coc(Cn3nnc4ccccc43)c2)cc1. The van der Waals surface area contributed by atoms with E-state index < -0.39 is 0 Å². The van der Waals surface area contributed by atoms with Crippen molar-refractivity contribution in [3.63, 3.8) is 0 Å². The molecule has 4 aromatic rings. The summed E-state index contributed by atoms with van der Waals surface area (Å²) in [7, 11) is 0. The van der Waals surface area contributed by atoms with Crippen LogP contribution in [0.5, 0.6) is 0 Å². The first-order valence-corrected chi connectivity index (χ1v) is 6.81. The fraction of sp³-hybridized carbons (Fsp3) is 0.0588. The molecule has 0 aliphatic carbocycles. The van der Waals surface area contributed by atoms with Gasteiger partial charge in [-0.25, -0.2) is 4.68 Å². The molecule has 21 heavy (non-hydrogen) atoms. The van der Waals surface area contributed by atoms with Crippen LogP contribution in [0.2, 0.25) is 0 Å². The molecule has 0 radical (unpaired) electrons. The van der Waals surface area contributed by atoms with Gasteiger partial charge in [0.2, 0.25) is 0 Å². The zero-order valence-corrected chi connectivity index (χ0v) is 11.3. The van der Waals surface area contributed by atoms with E-state index in [1.807, 2.05) is 53.2 Å². The molecule has 0 N–H and O–H groups in total. The molecule has 0 bridgehead atoms. The van der Waals surface area contributed by atoms with Gasteiger partial charge < -0.3 is 4.42 Å². The standard InChI is InChI=1S/C17H13N3O/c1-2-6-13(7-3-1)14-10-15(21-12-14)11-20-17-9-5-4-8-16(17)18-19-20/h1-10,12H,11H2. The third-order valence-corrected chi connectivity index (χ3v) is 3.49. The Morgan fingerprint density at radius 1 is 0.905 bits per heavy atom. The van der Waals surface area contributed by atoms with Gasteiger partial charge in [0, 0.05) is 5.56 Å². The highest BCUT2D eigenvalue weighted by molar-refractivity contribution is 5.73. The molecule has 102 valence electrons. The van der Waals surface area contributed by atoms with Crippen molar-refractivity contribution in [3.8, 4) is 11.1 Å². The van der Waals surface area contributed by atoms with Crippen molar-refractivity contribution < 1.29 is 4.42 Å². The van der Waals surface area contributed by atoms with Gasteiger partial charge in [0.15, 0.2) is 0 Å². The largest absolute Gasteiger partial charge is 0.467 e. The lowest BCUT2D eigenvalue weighted by Crippen LogP contribution is -2.00. The van der Waals surface area contributed by atoms with E-state index in [0.717, 1.165) is 27.9 Å². The van der Waals surface area contributed by atoms with Crippen LogP contribution in [0.25, 0.3) is 22.2 Å². The highest BCUT2D eigenvalue weighted by Gasteiger charge is 2.08. The van der Waals surface area contributed by atoms with Gasteiger partial charge in [0.05, 0.1) is 11.8 Å². The Balaban J connectivity index is 1.65. The third kappa shape index (κ3) is 2.21. The van der Waals surface area contributed by atoms with Crippen LogP contribution in [0.3, 0.4) is 0 Å². The molecule has 0 fully saturated rings. The lowest BCUT2D eigenvalue weighted by molar-refractivity contribution is 0.480. The molecule has 0 saturated heterocycles. The number of aromatic nitrogens is 3. The van der Waals surface area contributed by atoms with Gasteiger partial charge >= 0.3 is 0 Å². The zero-order valence-electron chi connectivity index (χ0n) is 11.3. The van der Waals surface area contributed by atoms with E-state index in [4.69, 9.17) is 4.42 Å². The monoisotopic (exact) mass is 275 g/mol. The molecule has 0 saturated carbocycles. The molecule has 2 heterocycles. The van der Waals surface area contributed by atoms with Crippen molar-refractivity contribution in [2.24, 2.45) is 0 Å². The van der Waals surface area contributed by atoms with E-state index in [1.165, 1.54) is 0 Å². The molecule has 0 unspecified atom stereocenters. The molecular formula is C17H13N3O. The minimum atomic E-state index is 0.577. The number of benzene rings is 2. The van der Waals surface area contributed by atoms with Crippen molar-refractivity contribution >= 4 is 11.0 Å². The smallest absolute Gasteiger partial charge is 0.125 e. The summed E-state index contributed by atoms with van der Waals surface area (Å²) >= 11 is 0. The first-order valence-electron chi connectivity index (χ1n) is 6.81. The predicted octanol–water partition coefficient (Wildman–Crippen LogP) is 3.74. The van der Waals surface area contributed by atoms with E-state index >= 15 is 0 Å². The van der Waals surface area contributed by atoms with E-state index in [0.29, 0.717) is 6.54 Å². The predicted molar refractivity (Wildman–Crippen MR) is 80.8 cm³/mol. The van der Waals surface area contributed by atoms with Crippen molar-refractivity contribution in [1.29, 1.82) is 0 Å². The van der Waals surface area contributed by atoms with Crippen LogP contribution < -0.4 is 0 Å². The third-order valence-electron chi connectivity index (χ3n) is 3.49. The maximum Gasteiger partial charge on any atom is 0.125 e. The second-order valence-electron chi connectivity index (χ2n) is 4.90. The van der Waals surface area contributed by atoms with Gasteiger partial charge in [0.1, 0.15) is 17.8 Å². The summed E-state index contributed by atoms with van der Waals surface area (Å²) in [4.78, 5) is 0. The van der Waals surface area contributed by atoms with E-state index in [-0.39, 0.29) is 0 Å². The lowest BCUT2D eigenvalue weighted by Gasteiger charge is -1.98. The minimum absolute atomic E-state index is 0.577. The Morgan fingerprint density at radius 3 is 2.62 bits per heavy atom. The Morgan fingerprint density at radius 2 is 1.71 bits per heavy atom. The molecule has 2 aromatic heterocycles. The summed E-state index contributed by atoms with van der Waals surface area (Å²) < 4.78 is 7.50. The summed E-state index contributed by atoms with van der Waals surface area (Å²) in [6.07, 6.45) is 1.78. The van der Waals surface area contributed by atoms with Gasteiger partial charge in [-0.1, -0.05) is 47.7 Å². The Labute approximate surface area is 121 Å². The summed E-state index contributed by atoms with van der Waals surface area (Å²) in [5.41, 5.74) is 4.13. The molecule has 0 aliphatic heterocycles. The average Bonchev–Trinajstić information content (AvgIpc) is 3.17. The second kappa shape index (κ2) is 4.90. The molecule has 4 rings (SSSR count). The molecule has 4 heteroatoms. The number of hydrogen-bond donors (Lipinski definition) is 0. The average molecular weight is 275 g/mol. The van der Waals surface area contributed by atoms with Crippen LogP contribution in [0.4, 0.5) is 0 Å². The van der Waals surface area contributed by atoms with Crippen molar-refractivity contribution in [2.45, 2.75) is 6.54 Å². The number of hydrogen-bond acceptors (Lipinski definition) is 3.